The van der Waals surface area contributed by atoms with Gasteiger partial charge in [0.15, 0.2) is 5.38 Å². The van der Waals surface area contributed by atoms with Crippen molar-refractivity contribution in [3.63, 3.8) is 0 Å². The summed E-state index contributed by atoms with van der Waals surface area (Å²) in [5.74, 6) is -0.555. The van der Waals surface area contributed by atoms with Crippen molar-refractivity contribution in [1.29, 1.82) is 0 Å². The van der Waals surface area contributed by atoms with Crippen molar-refractivity contribution >= 4 is 28.8 Å². The van der Waals surface area contributed by atoms with E-state index in [9.17, 15) is 4.79 Å². The van der Waals surface area contributed by atoms with Crippen LogP contribution in [0.4, 0.5) is 0 Å². The maximum absolute atomic E-state index is 10.6. The number of carbonyl (C=O) groups excluding carboxylic acids is 1. The average Bonchev–Trinajstić information content (AvgIpc) is 2.34. The molecule has 3 nitrogen and oxygen atoms in total. The number of hydrogen-bond donors (Lipinski definition) is 1. The van der Waals surface area contributed by atoms with E-state index >= 15 is 0 Å². The maximum Gasteiger partial charge on any atom is 0.242 e. The lowest BCUT2D eigenvalue weighted by Crippen LogP contribution is -2.16. The molecule has 1 heterocycles. The predicted molar refractivity (Wildman–Crippen MR) is 44.6 cm³/mol. The van der Waals surface area contributed by atoms with Crippen molar-refractivity contribution in [2.24, 2.45) is 5.73 Å². The van der Waals surface area contributed by atoms with Gasteiger partial charge in [-0.05, 0) is 6.92 Å². The van der Waals surface area contributed by atoms with Gasteiger partial charge < -0.3 is 5.73 Å². The van der Waals surface area contributed by atoms with Gasteiger partial charge in [-0.2, -0.15) is 0 Å². The van der Waals surface area contributed by atoms with E-state index in [1.807, 2.05) is 12.3 Å². The molecule has 1 atom stereocenters. The lowest BCUT2D eigenvalue weighted by atomic mass is 10.4. The molecule has 0 aliphatic carbocycles. The molecule has 1 amide bonds. The average molecular weight is 191 g/mol. The van der Waals surface area contributed by atoms with Crippen LogP contribution >= 0.6 is 22.9 Å². The highest BCUT2D eigenvalue weighted by Crippen LogP contribution is 2.22. The summed E-state index contributed by atoms with van der Waals surface area (Å²) in [4.78, 5) is 14.6. The largest absolute Gasteiger partial charge is 0.368 e. The van der Waals surface area contributed by atoms with Crippen LogP contribution in [0.15, 0.2) is 5.38 Å². The minimum absolute atomic E-state index is 0.555. The van der Waals surface area contributed by atoms with Gasteiger partial charge in [0.1, 0.15) is 5.01 Å². The molecular weight excluding hydrogens is 184 g/mol. The SMILES string of the molecule is Cc1csc(C(Cl)C(N)=O)n1. The summed E-state index contributed by atoms with van der Waals surface area (Å²) >= 11 is 6.97. The van der Waals surface area contributed by atoms with E-state index in [1.54, 1.807) is 0 Å². The molecule has 0 saturated heterocycles. The quantitative estimate of drug-likeness (QED) is 0.713. The summed E-state index contributed by atoms with van der Waals surface area (Å²) in [6.45, 7) is 1.84. The van der Waals surface area contributed by atoms with Crippen LogP contribution in [-0.4, -0.2) is 10.9 Å². The molecule has 0 bridgehead atoms. The van der Waals surface area contributed by atoms with E-state index in [2.05, 4.69) is 4.98 Å². The standard InChI is InChI=1S/C6H7ClN2OS/c1-3-2-11-6(9-3)4(7)5(8)10/h2,4H,1H3,(H2,8,10). The zero-order chi connectivity index (χ0) is 8.43. The van der Waals surface area contributed by atoms with Gasteiger partial charge in [0, 0.05) is 11.1 Å². The summed E-state index contributed by atoms with van der Waals surface area (Å²) < 4.78 is 0. The van der Waals surface area contributed by atoms with Crippen molar-refractivity contribution in [3.8, 4) is 0 Å². The van der Waals surface area contributed by atoms with Crippen LogP contribution in [-0.2, 0) is 4.79 Å². The number of thiazole rings is 1. The third-order valence-electron chi connectivity index (χ3n) is 1.10. The second-order valence-electron chi connectivity index (χ2n) is 2.09. The van der Waals surface area contributed by atoms with Gasteiger partial charge in [-0.15, -0.1) is 22.9 Å². The van der Waals surface area contributed by atoms with Gasteiger partial charge in [0.2, 0.25) is 5.91 Å². The van der Waals surface area contributed by atoms with Crippen LogP contribution < -0.4 is 5.73 Å². The smallest absolute Gasteiger partial charge is 0.242 e. The molecule has 0 aliphatic heterocycles. The van der Waals surface area contributed by atoms with Gasteiger partial charge in [0.05, 0.1) is 0 Å². The molecule has 60 valence electrons. The number of primary amides is 1. The number of halogens is 1. The molecule has 5 heteroatoms. The van der Waals surface area contributed by atoms with E-state index < -0.39 is 11.3 Å². The molecule has 0 fully saturated rings. The first-order valence-electron chi connectivity index (χ1n) is 2.96. The van der Waals surface area contributed by atoms with Gasteiger partial charge >= 0.3 is 0 Å². The Hall–Kier alpha value is -0.610. The lowest BCUT2D eigenvalue weighted by molar-refractivity contribution is -0.117. The Bertz CT molecular complexity index is 273. The number of amides is 1. The first-order chi connectivity index (χ1) is 5.11. The van der Waals surface area contributed by atoms with Crippen molar-refractivity contribution in [2.75, 3.05) is 0 Å². The highest BCUT2D eigenvalue weighted by molar-refractivity contribution is 7.10. The van der Waals surface area contributed by atoms with Gasteiger partial charge in [-0.1, -0.05) is 0 Å². The maximum atomic E-state index is 10.6. The minimum Gasteiger partial charge on any atom is -0.368 e. The highest BCUT2D eigenvalue weighted by Gasteiger charge is 2.16. The third-order valence-corrected chi connectivity index (χ3v) is 2.68. The Labute approximate surface area is 73.2 Å². The van der Waals surface area contributed by atoms with Crippen LogP contribution in [0, 0.1) is 6.92 Å². The molecule has 0 aliphatic rings. The van der Waals surface area contributed by atoms with Gasteiger partial charge in [-0.3, -0.25) is 4.79 Å². The van der Waals surface area contributed by atoms with E-state index in [0.717, 1.165) is 5.69 Å². The molecule has 0 aromatic carbocycles. The number of carbonyl (C=O) groups is 1. The Balaban J connectivity index is 2.84. The van der Waals surface area contributed by atoms with E-state index in [-0.39, 0.29) is 0 Å². The Morgan fingerprint density at radius 3 is 2.91 bits per heavy atom. The topological polar surface area (TPSA) is 56.0 Å². The number of nitrogens with two attached hydrogens (primary N) is 1. The van der Waals surface area contributed by atoms with E-state index in [0.29, 0.717) is 5.01 Å². The second kappa shape index (κ2) is 3.19. The fourth-order valence-corrected chi connectivity index (χ4v) is 1.59. The Morgan fingerprint density at radius 1 is 1.91 bits per heavy atom. The molecule has 0 radical (unpaired) electrons. The first kappa shape index (κ1) is 8.49. The molecule has 0 saturated carbocycles. The summed E-state index contributed by atoms with van der Waals surface area (Å²) in [6.07, 6.45) is 0. The monoisotopic (exact) mass is 190 g/mol. The zero-order valence-electron chi connectivity index (χ0n) is 5.87. The fraction of sp³-hybridized carbons (Fsp3) is 0.333. The number of alkyl halides is 1. The molecule has 1 rings (SSSR count). The van der Waals surface area contributed by atoms with Crippen molar-refractivity contribution in [1.82, 2.24) is 4.98 Å². The molecule has 1 unspecified atom stereocenters. The Morgan fingerprint density at radius 2 is 2.55 bits per heavy atom. The molecule has 1 aromatic rings. The van der Waals surface area contributed by atoms with Crippen LogP contribution in [0.1, 0.15) is 16.1 Å². The van der Waals surface area contributed by atoms with Crippen LogP contribution in [0.2, 0.25) is 0 Å². The molecule has 2 N–H and O–H groups in total. The summed E-state index contributed by atoms with van der Waals surface area (Å²) in [7, 11) is 0. The first-order valence-corrected chi connectivity index (χ1v) is 4.28. The minimum atomic E-state index is -0.784. The highest BCUT2D eigenvalue weighted by atomic mass is 35.5. The third kappa shape index (κ3) is 1.91. The molecule has 1 aromatic heterocycles. The summed E-state index contributed by atoms with van der Waals surface area (Å²) in [5, 5.41) is 1.61. The van der Waals surface area contributed by atoms with Crippen molar-refractivity contribution in [3.05, 3.63) is 16.1 Å². The zero-order valence-corrected chi connectivity index (χ0v) is 7.45. The molecule has 11 heavy (non-hydrogen) atoms. The normalized spacial score (nSPS) is 12.9. The van der Waals surface area contributed by atoms with E-state index in [1.165, 1.54) is 11.3 Å². The number of aryl methyl sites for hydroxylation is 1. The van der Waals surface area contributed by atoms with Gasteiger partial charge in [-0.25, -0.2) is 4.98 Å². The lowest BCUT2D eigenvalue weighted by Gasteiger charge is -1.97. The molecule has 0 spiro atoms. The Kier molecular flexibility index (Phi) is 2.46. The number of nitrogens with zero attached hydrogens (tertiary/aromatic N) is 1. The summed E-state index contributed by atoms with van der Waals surface area (Å²) in [6, 6.07) is 0. The summed E-state index contributed by atoms with van der Waals surface area (Å²) in [5.41, 5.74) is 5.83. The van der Waals surface area contributed by atoms with Gasteiger partial charge in [0.25, 0.3) is 0 Å². The number of aromatic nitrogens is 1. The number of hydrogen-bond acceptors (Lipinski definition) is 3. The fourth-order valence-electron chi connectivity index (χ4n) is 0.610. The van der Waals surface area contributed by atoms with Crippen LogP contribution in [0.3, 0.4) is 0 Å². The van der Waals surface area contributed by atoms with Crippen LogP contribution in [0.5, 0.6) is 0 Å². The van der Waals surface area contributed by atoms with Crippen molar-refractivity contribution in [2.45, 2.75) is 12.3 Å². The predicted octanol–water partition coefficient (Wildman–Crippen LogP) is 1.22. The van der Waals surface area contributed by atoms with Crippen LogP contribution in [0.25, 0.3) is 0 Å². The van der Waals surface area contributed by atoms with Crippen molar-refractivity contribution < 1.29 is 4.79 Å². The second-order valence-corrected chi connectivity index (χ2v) is 3.42. The van der Waals surface area contributed by atoms with E-state index in [4.69, 9.17) is 17.3 Å². The molecular formula is C6H7ClN2OS. The number of rotatable bonds is 2.